The van der Waals surface area contributed by atoms with Gasteiger partial charge < -0.3 is 90.9 Å². The number of primary amides is 1. The second-order valence-corrected chi connectivity index (χ2v) is 24.3. The van der Waals surface area contributed by atoms with Crippen molar-refractivity contribution in [3.8, 4) is 0 Å². The van der Waals surface area contributed by atoms with Gasteiger partial charge in [0.1, 0.15) is 72.5 Å². The van der Waals surface area contributed by atoms with Gasteiger partial charge in [0.15, 0.2) is 0 Å². The van der Waals surface area contributed by atoms with Gasteiger partial charge in [-0.25, -0.2) is 4.98 Å². The maximum absolute atomic E-state index is 14.1. The number of unbranched alkanes of at least 4 members (excludes halogenated alkanes) is 1. The maximum atomic E-state index is 14.1. The van der Waals surface area contributed by atoms with Crippen molar-refractivity contribution in [2.24, 2.45) is 23.3 Å². The van der Waals surface area contributed by atoms with E-state index in [9.17, 15) is 71.9 Å². The maximum Gasteiger partial charge on any atom is 0.243 e. The molecule has 1 aromatic rings. The van der Waals surface area contributed by atoms with Gasteiger partial charge in [-0.15, -0.1) is 0 Å². The van der Waals surface area contributed by atoms with Crippen LogP contribution in [0.3, 0.4) is 0 Å². The zero-order chi connectivity index (χ0) is 69.2. The molecule has 0 spiro atoms. The molecule has 12 atom stereocenters. The minimum Gasteiger partial charge on any atom is -0.368 e. The number of imidazole rings is 1. The minimum absolute atomic E-state index is 0.0827. The molecule has 15 amide bonds. The summed E-state index contributed by atoms with van der Waals surface area (Å²) in [5.74, 6) is -11.0. The largest absolute Gasteiger partial charge is 0.368 e. The number of nitrogens with zero attached hydrogens (tertiary/aromatic N) is 1. The predicted octanol–water partition coefficient (Wildman–Crippen LogP) is -5.43. The summed E-state index contributed by atoms with van der Waals surface area (Å²) in [5, 5.41) is 34.9. The molecular weight excluding hydrogens is 1230 g/mol. The third kappa shape index (κ3) is 31.0. The third-order valence-corrected chi connectivity index (χ3v) is 14.9. The number of nitrogens with two attached hydrogens (primary N) is 2. The van der Waals surface area contributed by atoms with Crippen LogP contribution in [0.4, 0.5) is 0 Å². The highest BCUT2D eigenvalue weighted by Crippen LogP contribution is 2.11. The van der Waals surface area contributed by atoms with Crippen molar-refractivity contribution in [1.82, 2.24) is 84.4 Å². The first kappa shape index (κ1) is 80.9. The first-order chi connectivity index (χ1) is 42.7. The van der Waals surface area contributed by atoms with E-state index >= 15 is 0 Å². The molecule has 0 aliphatic rings. The van der Waals surface area contributed by atoms with Crippen LogP contribution in [0.5, 0.6) is 0 Å². The number of carbonyl (C=O) groups excluding carboxylic acids is 15. The van der Waals surface area contributed by atoms with E-state index < -0.39 is 180 Å². The third-order valence-electron chi connectivity index (χ3n) is 13.7. The van der Waals surface area contributed by atoms with Crippen molar-refractivity contribution in [3.05, 3.63) is 18.2 Å². The van der Waals surface area contributed by atoms with Crippen LogP contribution in [0.25, 0.3) is 0 Å². The Labute approximate surface area is 538 Å². The first-order valence-corrected chi connectivity index (χ1v) is 32.6. The highest BCUT2D eigenvalue weighted by molar-refractivity contribution is 7.98. The fourth-order valence-corrected chi connectivity index (χ4v) is 9.17. The van der Waals surface area contributed by atoms with E-state index in [-0.39, 0.29) is 31.6 Å². The molecule has 1 aromatic heterocycles. The van der Waals surface area contributed by atoms with Crippen molar-refractivity contribution < 1.29 is 71.9 Å². The van der Waals surface area contributed by atoms with E-state index in [0.717, 1.165) is 0 Å². The van der Waals surface area contributed by atoms with Gasteiger partial charge in [-0.1, -0.05) is 27.7 Å². The Morgan fingerprint density at radius 1 is 0.440 bits per heavy atom. The standard InChI is InChI=1S/C56H96N18O15S2/c1-27(2)43(45(58)78)73-56(89)44(28(3)4)74-51(84)32(8)64-42(77)25-60-46(79)29(5)65-49(82)33(9)67-50(83)34(10)66-48(81)31(7)63-41(76)24-61-47(80)30(6)68-52(85)39(18-21-91-13)71-55(88)40(22-36-23-59-26-62-36)72-53(86)37(16-14-15-19-57)70-54(87)38(17-20-90-12)69-35(11)75/h23,26-34,37-40,43-44H,14-22,24-25,57H2,1-13H3,(H2,58,78)(H,59,62)(H,60,79)(H,61,80)(H,63,76)(H,64,77)(H,65,82)(H,66,81)(H,67,83)(H,68,85)(H,69,75)(H,70,87)(H,71,88)(H,72,86)(H,73,89)(H,74,84)/t29-,30-,31-,32-,33-,34-,37-,38-,39-,40-,43-,44-/m0/s1. The van der Waals surface area contributed by atoms with Gasteiger partial charge in [-0.2, -0.15) is 23.5 Å². The molecule has 33 nitrogen and oxygen atoms in total. The number of amides is 15. The van der Waals surface area contributed by atoms with E-state index in [1.54, 1.807) is 34.0 Å². The summed E-state index contributed by atoms with van der Waals surface area (Å²) in [7, 11) is 0. The number of aromatic nitrogens is 2. The number of carbonyl (C=O) groups is 15. The Morgan fingerprint density at radius 3 is 1.20 bits per heavy atom. The Balaban J connectivity index is 2.82. The fraction of sp³-hybridized carbons (Fsp3) is 0.679. The molecule has 19 N–H and O–H groups in total. The summed E-state index contributed by atoms with van der Waals surface area (Å²) in [6.07, 6.45) is 7.80. The normalized spacial score (nSPS) is 15.0. The van der Waals surface area contributed by atoms with Crippen molar-refractivity contribution in [2.75, 3.05) is 43.7 Å². The summed E-state index contributed by atoms with van der Waals surface area (Å²) in [6.45, 7) is 14.9. The van der Waals surface area contributed by atoms with E-state index in [1.165, 1.54) is 84.5 Å². The average molecular weight is 1330 g/mol. The zero-order valence-electron chi connectivity index (χ0n) is 54.1. The molecule has 0 saturated heterocycles. The predicted molar refractivity (Wildman–Crippen MR) is 339 cm³/mol. The zero-order valence-corrected chi connectivity index (χ0v) is 55.7. The summed E-state index contributed by atoms with van der Waals surface area (Å²) in [4.78, 5) is 202. The Hall–Kier alpha value is -8.08. The average Bonchev–Trinajstić information content (AvgIpc) is 4.12. The Morgan fingerprint density at radius 2 is 0.802 bits per heavy atom. The van der Waals surface area contributed by atoms with Crippen LogP contribution >= 0.6 is 23.5 Å². The number of rotatable bonds is 42. The van der Waals surface area contributed by atoms with Crippen molar-refractivity contribution >= 4 is 112 Å². The molecule has 91 heavy (non-hydrogen) atoms. The number of thioether (sulfide) groups is 2. The molecule has 1 rings (SSSR count). The summed E-state index contributed by atoms with van der Waals surface area (Å²) < 4.78 is 0. The van der Waals surface area contributed by atoms with Gasteiger partial charge in [-0.05, 0) is 116 Å². The molecule has 512 valence electrons. The highest BCUT2D eigenvalue weighted by atomic mass is 32.2. The Kier molecular flexibility index (Phi) is 37.4. The number of H-pyrrole nitrogens is 1. The van der Waals surface area contributed by atoms with Crippen molar-refractivity contribution in [3.63, 3.8) is 0 Å². The number of hydrogen-bond donors (Lipinski definition) is 17. The van der Waals surface area contributed by atoms with Crippen molar-refractivity contribution in [2.45, 2.75) is 187 Å². The lowest BCUT2D eigenvalue weighted by Gasteiger charge is -2.27. The van der Waals surface area contributed by atoms with Crippen LogP contribution in [-0.4, -0.2) is 215 Å². The van der Waals surface area contributed by atoms with Crippen LogP contribution in [0.1, 0.15) is 114 Å². The van der Waals surface area contributed by atoms with Crippen LogP contribution in [0, 0.1) is 11.8 Å². The smallest absolute Gasteiger partial charge is 0.243 e. The van der Waals surface area contributed by atoms with Crippen LogP contribution in [-0.2, 0) is 78.3 Å². The number of hydrogen-bond acceptors (Lipinski definition) is 19. The van der Waals surface area contributed by atoms with Gasteiger partial charge >= 0.3 is 0 Å². The molecule has 0 bridgehead atoms. The lowest BCUT2D eigenvalue weighted by Crippen LogP contribution is -2.59. The molecule has 0 aromatic carbocycles. The lowest BCUT2D eigenvalue weighted by molar-refractivity contribution is -0.135. The van der Waals surface area contributed by atoms with E-state index in [1.807, 2.05) is 6.26 Å². The highest BCUT2D eigenvalue weighted by Gasteiger charge is 2.35. The lowest BCUT2D eigenvalue weighted by atomic mass is 9.99. The fourth-order valence-electron chi connectivity index (χ4n) is 8.23. The topological polar surface area (TPSA) is 505 Å². The summed E-state index contributed by atoms with van der Waals surface area (Å²) in [5.41, 5.74) is 11.6. The monoisotopic (exact) mass is 1320 g/mol. The van der Waals surface area contributed by atoms with Gasteiger partial charge in [0.05, 0.1) is 19.4 Å². The molecular formula is C56H96N18O15S2. The number of nitrogens with one attached hydrogen (secondary N) is 15. The van der Waals surface area contributed by atoms with Gasteiger partial charge in [0.2, 0.25) is 88.6 Å². The van der Waals surface area contributed by atoms with E-state index in [4.69, 9.17) is 11.5 Å². The molecule has 0 aliphatic heterocycles. The van der Waals surface area contributed by atoms with Crippen LogP contribution in [0.15, 0.2) is 12.5 Å². The minimum atomic E-state index is -1.31. The SMILES string of the molecule is CSCC[C@H](NC(C)=O)C(=O)N[C@@H](CCCCN)C(=O)N[C@@H](Cc1cnc[nH]1)C(=O)N[C@@H](CCSC)C(=O)N[C@@H](C)C(=O)NCC(=O)N[C@@H](C)C(=O)N[C@@H](C)C(=O)N[C@@H](C)C(=O)N[C@@H](C)C(=O)NCC(=O)N[C@@H](C)C(=O)N[C@H](C(=O)N[C@H](C(N)=O)C(C)C)C(C)C. The quantitative estimate of drug-likeness (QED) is 0.0272. The summed E-state index contributed by atoms with van der Waals surface area (Å²) >= 11 is 2.84. The molecule has 0 unspecified atom stereocenters. The van der Waals surface area contributed by atoms with Crippen LogP contribution < -0.4 is 85.9 Å². The van der Waals surface area contributed by atoms with Gasteiger partial charge in [0, 0.05) is 25.2 Å². The molecule has 1 heterocycles. The molecule has 0 radical (unpaired) electrons. The molecule has 0 saturated carbocycles. The number of aromatic amines is 1. The summed E-state index contributed by atoms with van der Waals surface area (Å²) in [6, 6.07) is -14.1. The second-order valence-electron chi connectivity index (χ2n) is 22.4. The van der Waals surface area contributed by atoms with Crippen LogP contribution in [0.2, 0.25) is 0 Å². The van der Waals surface area contributed by atoms with E-state index in [0.29, 0.717) is 36.6 Å². The van der Waals surface area contributed by atoms with E-state index in [2.05, 4.69) is 84.4 Å². The molecule has 35 heteroatoms. The first-order valence-electron chi connectivity index (χ1n) is 29.8. The van der Waals surface area contributed by atoms with Crippen molar-refractivity contribution in [1.29, 1.82) is 0 Å². The second kappa shape index (κ2) is 42.1. The molecule has 0 fully saturated rings. The molecule has 0 aliphatic carbocycles. The van der Waals surface area contributed by atoms with Gasteiger partial charge in [-0.3, -0.25) is 71.9 Å². The Bertz CT molecular complexity index is 2650. The van der Waals surface area contributed by atoms with Gasteiger partial charge in [0.25, 0.3) is 0 Å².